The molecule has 0 bridgehead atoms. The Labute approximate surface area is 240 Å². The first-order chi connectivity index (χ1) is 19.9. The van der Waals surface area contributed by atoms with Gasteiger partial charge in [-0.2, -0.15) is 0 Å². The van der Waals surface area contributed by atoms with Crippen molar-refractivity contribution in [1.82, 2.24) is 0 Å². The monoisotopic (exact) mass is 548 g/mol. The van der Waals surface area contributed by atoms with Crippen molar-refractivity contribution in [2.45, 2.75) is 31.7 Å². The molecular formula is C34H33BO6. The highest BCUT2D eigenvalue weighted by molar-refractivity contribution is 6.43. The fourth-order valence-electron chi connectivity index (χ4n) is 7.03. The first-order valence-electron chi connectivity index (χ1n) is 14.2. The maximum atomic E-state index is 13.9. The minimum absolute atomic E-state index is 0.00389. The van der Waals surface area contributed by atoms with Crippen LogP contribution in [0.4, 0.5) is 0 Å². The van der Waals surface area contributed by atoms with Gasteiger partial charge in [-0.15, -0.1) is 0 Å². The first-order valence-corrected chi connectivity index (χ1v) is 14.2. The first kappa shape index (κ1) is 27.4. The Morgan fingerprint density at radius 1 is 0.976 bits per heavy atom. The molecule has 0 aromatic heterocycles. The maximum absolute atomic E-state index is 13.9. The van der Waals surface area contributed by atoms with Gasteiger partial charge in [0, 0.05) is 30.1 Å². The van der Waals surface area contributed by atoms with Gasteiger partial charge >= 0.3 is 7.12 Å². The summed E-state index contributed by atoms with van der Waals surface area (Å²) in [7, 11) is 0.600. The number of benzene rings is 3. The van der Waals surface area contributed by atoms with E-state index in [1.807, 2.05) is 30.3 Å². The summed E-state index contributed by atoms with van der Waals surface area (Å²) in [6.07, 6.45) is 3.57. The SMILES string of the molecule is COCC1=C2[C@@H](CC/C(=C/c3cccc(O)c3)c3ccccc3)OB(O)C[C@@H]2[C@@H]2C(=O)c3ccccc3C(=O)[C@@H]2C1. The topological polar surface area (TPSA) is 93.1 Å². The van der Waals surface area contributed by atoms with E-state index in [2.05, 4.69) is 18.2 Å². The normalized spacial score (nSPS) is 24.1. The molecular weight excluding hydrogens is 515 g/mol. The Hall–Kier alpha value is -3.78. The highest BCUT2D eigenvalue weighted by Crippen LogP contribution is 2.51. The molecule has 1 aliphatic heterocycles. The third kappa shape index (κ3) is 5.33. The second-order valence-corrected chi connectivity index (χ2v) is 11.2. The number of ether oxygens (including phenoxy) is 1. The van der Waals surface area contributed by atoms with E-state index in [4.69, 9.17) is 9.39 Å². The molecule has 0 radical (unpaired) electrons. The summed E-state index contributed by atoms with van der Waals surface area (Å²) in [5.74, 6) is -1.11. The lowest BCUT2D eigenvalue weighted by Gasteiger charge is -2.47. The van der Waals surface area contributed by atoms with E-state index in [0.29, 0.717) is 37.0 Å². The van der Waals surface area contributed by atoms with E-state index in [0.717, 1.165) is 27.8 Å². The zero-order valence-electron chi connectivity index (χ0n) is 23.0. The Kier molecular flexibility index (Phi) is 7.76. The minimum Gasteiger partial charge on any atom is -0.508 e. The van der Waals surface area contributed by atoms with Crippen LogP contribution in [-0.4, -0.2) is 48.6 Å². The predicted molar refractivity (Wildman–Crippen MR) is 158 cm³/mol. The van der Waals surface area contributed by atoms with Crippen LogP contribution >= 0.6 is 0 Å². The number of carbonyl (C=O) groups is 2. The standard InChI is InChI=1S/C34H33BO6/c1-40-20-24-18-28-32(34(38)27-13-6-5-12-26(27)33(28)37)29-19-35(39)41-30(31(24)29)15-14-23(22-9-3-2-4-10-22)16-21-8-7-11-25(36)17-21/h2-13,16-17,28-30,32,36,39H,14-15,18-20H2,1H3/b23-16-/t28-,29+,30-,32-/m1/s1. The fraction of sp³-hybridized carbons (Fsp3) is 0.294. The van der Waals surface area contributed by atoms with Crippen molar-refractivity contribution in [3.63, 3.8) is 0 Å². The smallest absolute Gasteiger partial charge is 0.455 e. The lowest BCUT2D eigenvalue weighted by atomic mass is 9.54. The van der Waals surface area contributed by atoms with Crippen molar-refractivity contribution >= 4 is 30.3 Å². The average molecular weight is 548 g/mol. The highest BCUT2D eigenvalue weighted by Gasteiger charge is 2.53. The van der Waals surface area contributed by atoms with Gasteiger partial charge in [-0.1, -0.05) is 72.8 Å². The number of phenolic OH excluding ortho intramolecular Hbond substituents is 1. The van der Waals surface area contributed by atoms with Crippen molar-refractivity contribution in [1.29, 1.82) is 0 Å². The summed E-state index contributed by atoms with van der Waals surface area (Å²) in [4.78, 5) is 27.5. The second-order valence-electron chi connectivity index (χ2n) is 11.2. The van der Waals surface area contributed by atoms with Gasteiger partial charge in [-0.3, -0.25) is 9.59 Å². The Balaban J connectivity index is 1.36. The number of carbonyl (C=O) groups excluding carboxylic acids is 2. The quantitative estimate of drug-likeness (QED) is 0.218. The molecule has 7 heteroatoms. The average Bonchev–Trinajstić information content (AvgIpc) is 2.98. The Morgan fingerprint density at radius 3 is 2.44 bits per heavy atom. The summed E-state index contributed by atoms with van der Waals surface area (Å²) in [5, 5.41) is 20.9. The number of ketones is 2. The van der Waals surface area contributed by atoms with Crippen LogP contribution in [0.15, 0.2) is 90.0 Å². The summed E-state index contributed by atoms with van der Waals surface area (Å²) in [5.41, 5.74) is 5.98. The van der Waals surface area contributed by atoms with Crippen LogP contribution in [0.2, 0.25) is 6.32 Å². The number of aromatic hydroxyl groups is 1. The number of hydrogen-bond donors (Lipinski definition) is 2. The van der Waals surface area contributed by atoms with Crippen LogP contribution in [0, 0.1) is 17.8 Å². The molecule has 2 aliphatic carbocycles. The molecule has 1 fully saturated rings. The third-order valence-corrected chi connectivity index (χ3v) is 8.71. The summed E-state index contributed by atoms with van der Waals surface area (Å²) in [6.45, 7) is 0.346. The summed E-state index contributed by atoms with van der Waals surface area (Å²) < 4.78 is 11.8. The molecule has 6 nitrogen and oxygen atoms in total. The number of methoxy groups -OCH3 is 1. The van der Waals surface area contributed by atoms with Crippen LogP contribution in [0.25, 0.3) is 11.6 Å². The number of Topliss-reactive ketones (excluding diaryl/α,β-unsaturated/α-hetero) is 2. The van der Waals surface area contributed by atoms with Crippen LogP contribution in [0.3, 0.4) is 0 Å². The zero-order valence-corrected chi connectivity index (χ0v) is 23.0. The molecule has 3 aliphatic rings. The van der Waals surface area contributed by atoms with Crippen molar-refractivity contribution in [3.05, 3.63) is 112 Å². The van der Waals surface area contributed by atoms with Gasteiger partial charge in [-0.05, 0) is 71.5 Å². The Bertz CT molecular complexity index is 1530. The van der Waals surface area contributed by atoms with E-state index in [1.165, 1.54) is 0 Å². The molecule has 208 valence electrons. The van der Waals surface area contributed by atoms with E-state index < -0.39 is 25.1 Å². The van der Waals surface area contributed by atoms with Gasteiger partial charge in [0.05, 0.1) is 12.7 Å². The minimum atomic E-state index is -1.04. The van der Waals surface area contributed by atoms with Crippen LogP contribution < -0.4 is 0 Å². The predicted octanol–water partition coefficient (Wildman–Crippen LogP) is 5.87. The maximum Gasteiger partial charge on any atom is 0.455 e. The van der Waals surface area contributed by atoms with Crippen molar-refractivity contribution < 1.29 is 29.1 Å². The number of hydrogen-bond acceptors (Lipinski definition) is 6. The molecule has 1 saturated heterocycles. The van der Waals surface area contributed by atoms with E-state index in [1.54, 1.807) is 43.5 Å². The molecule has 41 heavy (non-hydrogen) atoms. The molecule has 3 aromatic rings. The second kappa shape index (κ2) is 11.6. The number of allylic oxidation sites excluding steroid dienone is 1. The molecule has 4 atom stereocenters. The lowest BCUT2D eigenvalue weighted by Crippen LogP contribution is -2.51. The molecule has 0 saturated carbocycles. The number of rotatable bonds is 7. The van der Waals surface area contributed by atoms with Gasteiger partial charge in [0.15, 0.2) is 11.6 Å². The fourth-order valence-corrected chi connectivity index (χ4v) is 7.03. The number of fused-ring (bicyclic) bond motifs is 4. The largest absolute Gasteiger partial charge is 0.508 e. The summed E-state index contributed by atoms with van der Waals surface area (Å²) in [6, 6.07) is 24.3. The zero-order chi connectivity index (χ0) is 28.5. The van der Waals surface area contributed by atoms with Gasteiger partial charge in [0.1, 0.15) is 5.75 Å². The number of phenols is 1. The van der Waals surface area contributed by atoms with Crippen LogP contribution in [0.5, 0.6) is 5.75 Å². The van der Waals surface area contributed by atoms with Crippen LogP contribution in [0.1, 0.15) is 51.1 Å². The van der Waals surface area contributed by atoms with Crippen molar-refractivity contribution in [3.8, 4) is 5.75 Å². The molecule has 2 N–H and O–H groups in total. The van der Waals surface area contributed by atoms with E-state index >= 15 is 0 Å². The molecule has 6 rings (SSSR count). The van der Waals surface area contributed by atoms with E-state index in [9.17, 15) is 19.7 Å². The Morgan fingerprint density at radius 2 is 1.71 bits per heavy atom. The van der Waals surface area contributed by atoms with Gasteiger partial charge in [-0.25, -0.2) is 0 Å². The highest BCUT2D eigenvalue weighted by atomic mass is 16.5. The lowest BCUT2D eigenvalue weighted by molar-refractivity contribution is 0.0585. The summed E-state index contributed by atoms with van der Waals surface area (Å²) >= 11 is 0. The van der Waals surface area contributed by atoms with Gasteiger partial charge in [0.2, 0.25) is 0 Å². The molecule has 0 amide bonds. The molecule has 0 spiro atoms. The van der Waals surface area contributed by atoms with Crippen molar-refractivity contribution in [2.75, 3.05) is 13.7 Å². The molecule has 3 aromatic carbocycles. The van der Waals surface area contributed by atoms with Gasteiger partial charge in [0.25, 0.3) is 0 Å². The van der Waals surface area contributed by atoms with E-state index in [-0.39, 0.29) is 29.6 Å². The third-order valence-electron chi connectivity index (χ3n) is 8.71. The van der Waals surface area contributed by atoms with Crippen molar-refractivity contribution in [2.24, 2.45) is 17.8 Å². The molecule has 0 unspecified atom stereocenters. The van der Waals surface area contributed by atoms with Gasteiger partial charge < -0.3 is 19.5 Å². The van der Waals surface area contributed by atoms with Crippen LogP contribution in [-0.2, 0) is 9.39 Å². The molecule has 1 heterocycles.